The van der Waals surface area contributed by atoms with Crippen molar-refractivity contribution in [1.82, 2.24) is 10.2 Å². The Bertz CT molecular complexity index is 979. The highest BCUT2D eigenvalue weighted by molar-refractivity contribution is 5.75. The monoisotopic (exact) mass is 931 g/mol. The standard InChI is InChI=1S/C38H76N2O3.C13H24.C9H18O/c1-6-8-10-23-30-37(31-24-11-9-7-2)43-38(42)32-25-19-15-14-18-22-29-36(40(5)34-26-33-39-4)28-21-17-13-12-16-20-27-35(3)41;1-2-13-11-9-7-5-3-4-6-8-10-12-13;1-2-3-4-5-6-7-8-9-10/h36-37,39H,6-34H2,1-5H3;2,13H,1,3-12H2;9H,2-8H2,1H3. The molecule has 0 aromatic heterocycles. The number of esters is 1. The molecule has 1 saturated carbocycles. The van der Waals surface area contributed by atoms with E-state index in [-0.39, 0.29) is 12.1 Å². The maximum absolute atomic E-state index is 12.6. The first kappa shape index (κ1) is 66.6. The van der Waals surface area contributed by atoms with Gasteiger partial charge in [0, 0.05) is 25.3 Å². The number of allylic oxidation sites excluding steroid dienone is 1. The zero-order valence-electron chi connectivity index (χ0n) is 45.7. The summed E-state index contributed by atoms with van der Waals surface area (Å²) in [5.74, 6) is 1.18. The Morgan fingerprint density at radius 3 is 1.44 bits per heavy atom. The highest BCUT2D eigenvalue weighted by Crippen LogP contribution is 2.23. The van der Waals surface area contributed by atoms with Gasteiger partial charge in [0.15, 0.2) is 0 Å². The van der Waals surface area contributed by atoms with Crippen LogP contribution >= 0.6 is 0 Å². The fourth-order valence-electron chi connectivity index (χ4n) is 9.46. The van der Waals surface area contributed by atoms with Crippen molar-refractivity contribution in [1.29, 1.82) is 0 Å². The van der Waals surface area contributed by atoms with Gasteiger partial charge in [-0.25, -0.2) is 0 Å². The fourth-order valence-corrected chi connectivity index (χ4v) is 9.46. The van der Waals surface area contributed by atoms with Crippen molar-refractivity contribution in [2.45, 2.75) is 322 Å². The third kappa shape index (κ3) is 51.9. The number of hydrogen-bond donors (Lipinski definition) is 1. The number of rotatable bonds is 42. The average Bonchev–Trinajstić information content (AvgIpc) is 3.37. The van der Waals surface area contributed by atoms with Gasteiger partial charge in [-0.15, -0.1) is 6.58 Å². The number of nitrogens with zero attached hydrogens (tertiary/aromatic N) is 1. The summed E-state index contributed by atoms with van der Waals surface area (Å²) in [4.78, 5) is 36.2. The molecule has 1 rings (SSSR count). The number of unbranched alkanes of at least 4 members (excludes halogenated alkanes) is 22. The second-order valence-electron chi connectivity index (χ2n) is 20.5. The lowest BCUT2D eigenvalue weighted by Gasteiger charge is -2.28. The van der Waals surface area contributed by atoms with Gasteiger partial charge in [-0.05, 0) is 117 Å². The Morgan fingerprint density at radius 2 is 0.985 bits per heavy atom. The van der Waals surface area contributed by atoms with Crippen LogP contribution in [0.2, 0.25) is 0 Å². The molecule has 1 aliphatic carbocycles. The number of ether oxygens (including phenoxy) is 1. The Kier molecular flexibility index (Phi) is 56.5. The van der Waals surface area contributed by atoms with Crippen molar-refractivity contribution >= 4 is 18.0 Å². The van der Waals surface area contributed by atoms with Gasteiger partial charge in [0.25, 0.3) is 0 Å². The van der Waals surface area contributed by atoms with E-state index in [1.165, 1.54) is 231 Å². The second kappa shape index (κ2) is 56.1. The molecule has 1 atom stereocenters. The Balaban J connectivity index is 0. The van der Waals surface area contributed by atoms with Crippen molar-refractivity contribution in [2.24, 2.45) is 5.92 Å². The Hall–Kier alpha value is -1.53. The molecule has 0 heterocycles. The molecule has 1 unspecified atom stereocenters. The van der Waals surface area contributed by atoms with E-state index >= 15 is 0 Å². The lowest BCUT2D eigenvalue weighted by molar-refractivity contribution is -0.150. The molecule has 0 spiro atoms. The quantitative estimate of drug-likeness (QED) is 0.0284. The average molecular weight is 932 g/mol. The molecular formula is C60H118N2O4. The molecule has 1 fully saturated rings. The molecule has 0 aromatic carbocycles. The molecule has 0 saturated heterocycles. The van der Waals surface area contributed by atoms with E-state index in [9.17, 15) is 14.4 Å². The molecule has 1 aliphatic rings. The van der Waals surface area contributed by atoms with Gasteiger partial charge >= 0.3 is 5.97 Å². The van der Waals surface area contributed by atoms with Crippen LogP contribution in [0.3, 0.4) is 0 Å². The van der Waals surface area contributed by atoms with Crippen LogP contribution in [-0.4, -0.2) is 62.3 Å². The molecule has 6 heteroatoms. The maximum atomic E-state index is 12.6. The maximum Gasteiger partial charge on any atom is 0.306 e. The van der Waals surface area contributed by atoms with Crippen LogP contribution in [0.1, 0.15) is 310 Å². The van der Waals surface area contributed by atoms with Crippen LogP contribution in [0.25, 0.3) is 0 Å². The number of aldehydes is 1. The molecular weight excluding hydrogens is 813 g/mol. The van der Waals surface area contributed by atoms with E-state index in [1.54, 1.807) is 6.92 Å². The van der Waals surface area contributed by atoms with Crippen molar-refractivity contribution in [3.05, 3.63) is 12.7 Å². The minimum atomic E-state index is 0.0381. The second-order valence-corrected chi connectivity index (χ2v) is 20.5. The third-order valence-corrected chi connectivity index (χ3v) is 14.0. The summed E-state index contributed by atoms with van der Waals surface area (Å²) in [6, 6.07) is 0.696. The SMILES string of the molecule is C=CC1CCCCCCCCCC1.CCCCCCC(CCCCCC)OC(=O)CCCCCCCCC(CCCCCCCCC(C)=O)N(C)CCCNC.CCCCCCCCC=O. The molecule has 0 bridgehead atoms. The molecule has 0 aliphatic heterocycles. The van der Waals surface area contributed by atoms with Gasteiger partial charge in [-0.2, -0.15) is 0 Å². The van der Waals surface area contributed by atoms with E-state index in [0.717, 1.165) is 70.1 Å². The first-order chi connectivity index (χ1) is 32.3. The molecule has 392 valence electrons. The highest BCUT2D eigenvalue weighted by Gasteiger charge is 2.16. The number of Topliss-reactive ketones (excluding diaryl/α,β-unsaturated/α-hetero) is 1. The number of nitrogens with one attached hydrogen (secondary N) is 1. The van der Waals surface area contributed by atoms with Gasteiger partial charge in [-0.1, -0.05) is 213 Å². The fraction of sp³-hybridized carbons (Fsp3) is 0.917. The zero-order chi connectivity index (χ0) is 48.8. The number of hydrogen-bond acceptors (Lipinski definition) is 6. The third-order valence-electron chi connectivity index (χ3n) is 14.0. The first-order valence-electron chi connectivity index (χ1n) is 29.4. The van der Waals surface area contributed by atoms with Gasteiger partial charge in [0.2, 0.25) is 0 Å². The van der Waals surface area contributed by atoms with E-state index in [2.05, 4.69) is 50.7 Å². The minimum Gasteiger partial charge on any atom is -0.462 e. The van der Waals surface area contributed by atoms with E-state index < -0.39 is 0 Å². The number of ketones is 1. The van der Waals surface area contributed by atoms with Gasteiger partial charge in [0.05, 0.1) is 0 Å². The van der Waals surface area contributed by atoms with Crippen LogP contribution in [-0.2, 0) is 19.1 Å². The molecule has 1 N–H and O–H groups in total. The molecule has 0 aromatic rings. The predicted octanol–water partition coefficient (Wildman–Crippen LogP) is 18.2. The minimum absolute atomic E-state index is 0.0381. The van der Waals surface area contributed by atoms with Crippen LogP contribution < -0.4 is 5.32 Å². The van der Waals surface area contributed by atoms with Crippen molar-refractivity contribution in [3.8, 4) is 0 Å². The first-order valence-corrected chi connectivity index (χ1v) is 29.4. The number of carbonyl (C=O) groups excluding carboxylic acids is 3. The zero-order valence-corrected chi connectivity index (χ0v) is 45.7. The van der Waals surface area contributed by atoms with E-state index in [4.69, 9.17) is 4.74 Å². The largest absolute Gasteiger partial charge is 0.462 e. The Labute approximate surface area is 413 Å². The van der Waals surface area contributed by atoms with Crippen LogP contribution in [0, 0.1) is 5.92 Å². The Morgan fingerprint density at radius 1 is 0.576 bits per heavy atom. The summed E-state index contributed by atoms with van der Waals surface area (Å²) in [5.41, 5.74) is 0. The summed E-state index contributed by atoms with van der Waals surface area (Å²) in [7, 11) is 4.36. The van der Waals surface area contributed by atoms with Gasteiger partial charge in [-0.3, -0.25) is 4.79 Å². The number of carbonyl (C=O) groups is 3. The summed E-state index contributed by atoms with van der Waals surface area (Å²) in [6.07, 6.45) is 58.1. The van der Waals surface area contributed by atoms with Crippen LogP contribution in [0.4, 0.5) is 0 Å². The van der Waals surface area contributed by atoms with Crippen molar-refractivity contribution in [2.75, 3.05) is 27.2 Å². The topological polar surface area (TPSA) is 75.7 Å². The summed E-state index contributed by atoms with van der Waals surface area (Å²) >= 11 is 0. The summed E-state index contributed by atoms with van der Waals surface area (Å²) in [6.45, 7) is 14.6. The predicted molar refractivity (Wildman–Crippen MR) is 291 cm³/mol. The van der Waals surface area contributed by atoms with Crippen LogP contribution in [0.15, 0.2) is 12.7 Å². The van der Waals surface area contributed by atoms with Crippen LogP contribution in [0.5, 0.6) is 0 Å². The molecule has 0 amide bonds. The van der Waals surface area contributed by atoms with Gasteiger partial charge < -0.3 is 24.5 Å². The summed E-state index contributed by atoms with van der Waals surface area (Å²) < 4.78 is 5.95. The molecule has 66 heavy (non-hydrogen) atoms. The lowest BCUT2D eigenvalue weighted by atomic mass is 9.96. The normalized spacial score (nSPS) is 14.1. The smallest absolute Gasteiger partial charge is 0.306 e. The van der Waals surface area contributed by atoms with E-state index in [1.807, 2.05) is 7.05 Å². The van der Waals surface area contributed by atoms with Crippen molar-refractivity contribution in [3.63, 3.8) is 0 Å². The molecule has 6 nitrogen and oxygen atoms in total. The summed E-state index contributed by atoms with van der Waals surface area (Å²) in [5, 5.41) is 3.29. The lowest BCUT2D eigenvalue weighted by Crippen LogP contribution is -2.33. The highest BCUT2D eigenvalue weighted by atomic mass is 16.5. The molecule has 0 radical (unpaired) electrons. The van der Waals surface area contributed by atoms with Crippen molar-refractivity contribution < 1.29 is 19.1 Å². The van der Waals surface area contributed by atoms with Gasteiger partial charge in [0.1, 0.15) is 18.2 Å². The van der Waals surface area contributed by atoms with E-state index in [0.29, 0.717) is 18.2 Å².